The number of benzene rings is 2. The van der Waals surface area contributed by atoms with E-state index in [4.69, 9.17) is 10.2 Å². The van der Waals surface area contributed by atoms with E-state index in [1.807, 2.05) is 24.3 Å². The first-order valence-electron chi connectivity index (χ1n) is 7.79. The van der Waals surface area contributed by atoms with Crippen molar-refractivity contribution in [1.82, 2.24) is 4.90 Å². The number of carbonyl (C=O) groups is 2. The summed E-state index contributed by atoms with van der Waals surface area (Å²) in [5.41, 5.74) is 6.08. The zero-order chi connectivity index (χ0) is 18.7. The standard InChI is InChI=1S/C19H15BrN2O4/c20-13-7-5-12(6-8-13)10-22(11-18(21)24)19(25)17-9-15(23)14-3-1-2-4-16(14)26-17/h1-9H,10-11H2,(H2,21,24). The molecule has 0 aliphatic carbocycles. The second-order valence-electron chi connectivity index (χ2n) is 5.73. The Balaban J connectivity index is 1.95. The summed E-state index contributed by atoms with van der Waals surface area (Å²) in [6.07, 6.45) is 0. The van der Waals surface area contributed by atoms with Gasteiger partial charge in [-0.1, -0.05) is 40.2 Å². The number of halogens is 1. The van der Waals surface area contributed by atoms with Crippen molar-refractivity contribution in [3.8, 4) is 0 Å². The fraction of sp³-hybridized carbons (Fsp3) is 0.105. The van der Waals surface area contributed by atoms with Crippen LogP contribution < -0.4 is 11.2 Å². The van der Waals surface area contributed by atoms with Crippen molar-refractivity contribution in [2.45, 2.75) is 6.54 Å². The van der Waals surface area contributed by atoms with Crippen LogP contribution in [0.3, 0.4) is 0 Å². The molecule has 0 bridgehead atoms. The highest BCUT2D eigenvalue weighted by atomic mass is 79.9. The molecule has 1 aromatic heterocycles. The predicted octanol–water partition coefficient (Wildman–Crippen LogP) is 2.68. The summed E-state index contributed by atoms with van der Waals surface area (Å²) in [6, 6.07) is 15.1. The lowest BCUT2D eigenvalue weighted by Gasteiger charge is -2.20. The smallest absolute Gasteiger partial charge is 0.290 e. The number of fused-ring (bicyclic) bond motifs is 1. The molecule has 0 unspecified atom stereocenters. The maximum atomic E-state index is 12.8. The number of hydrogen-bond acceptors (Lipinski definition) is 4. The topological polar surface area (TPSA) is 93.6 Å². The summed E-state index contributed by atoms with van der Waals surface area (Å²) in [4.78, 5) is 37.7. The Morgan fingerprint density at radius 1 is 1.08 bits per heavy atom. The van der Waals surface area contributed by atoms with Gasteiger partial charge in [-0.3, -0.25) is 14.4 Å². The largest absolute Gasteiger partial charge is 0.451 e. The Morgan fingerprint density at radius 2 is 1.77 bits per heavy atom. The first kappa shape index (κ1) is 17.9. The highest BCUT2D eigenvalue weighted by Gasteiger charge is 2.21. The Hall–Kier alpha value is -2.93. The van der Waals surface area contributed by atoms with Crippen LogP contribution in [0.1, 0.15) is 16.1 Å². The van der Waals surface area contributed by atoms with E-state index in [0.717, 1.165) is 16.1 Å². The van der Waals surface area contributed by atoms with E-state index in [-0.39, 0.29) is 24.3 Å². The Bertz CT molecular complexity index is 1030. The van der Waals surface area contributed by atoms with Gasteiger partial charge in [-0.05, 0) is 29.8 Å². The molecule has 0 aliphatic rings. The van der Waals surface area contributed by atoms with Crippen LogP contribution in [0.4, 0.5) is 0 Å². The average Bonchev–Trinajstić information content (AvgIpc) is 2.62. The number of carbonyl (C=O) groups excluding carboxylic acids is 2. The summed E-state index contributed by atoms with van der Waals surface area (Å²) in [6.45, 7) is -0.128. The number of hydrogen-bond donors (Lipinski definition) is 1. The van der Waals surface area contributed by atoms with Crippen molar-refractivity contribution in [1.29, 1.82) is 0 Å². The minimum Gasteiger partial charge on any atom is -0.451 e. The fourth-order valence-electron chi connectivity index (χ4n) is 2.56. The monoisotopic (exact) mass is 414 g/mol. The molecule has 2 aromatic carbocycles. The van der Waals surface area contributed by atoms with E-state index in [2.05, 4.69) is 15.9 Å². The van der Waals surface area contributed by atoms with Crippen LogP contribution in [0.25, 0.3) is 11.0 Å². The molecule has 1 heterocycles. The van der Waals surface area contributed by atoms with Gasteiger partial charge in [0.25, 0.3) is 5.91 Å². The Kier molecular flexibility index (Phi) is 5.18. The van der Waals surface area contributed by atoms with Gasteiger partial charge in [0.1, 0.15) is 12.1 Å². The molecule has 132 valence electrons. The minimum absolute atomic E-state index is 0.132. The van der Waals surface area contributed by atoms with Crippen molar-refractivity contribution in [2.75, 3.05) is 6.54 Å². The van der Waals surface area contributed by atoms with Gasteiger partial charge in [-0.2, -0.15) is 0 Å². The number of para-hydroxylation sites is 1. The molecule has 26 heavy (non-hydrogen) atoms. The van der Waals surface area contributed by atoms with Crippen LogP contribution in [0.5, 0.6) is 0 Å². The number of primary amides is 1. The molecule has 0 saturated heterocycles. The molecule has 0 fully saturated rings. The molecular formula is C19H15BrN2O4. The second-order valence-corrected chi connectivity index (χ2v) is 6.64. The molecule has 0 atom stereocenters. The van der Waals surface area contributed by atoms with Crippen LogP contribution >= 0.6 is 15.9 Å². The summed E-state index contributed by atoms with van der Waals surface area (Å²) < 4.78 is 6.47. The average molecular weight is 415 g/mol. The van der Waals surface area contributed by atoms with Gasteiger partial charge in [-0.25, -0.2) is 0 Å². The molecule has 7 heteroatoms. The van der Waals surface area contributed by atoms with Gasteiger partial charge in [0, 0.05) is 17.1 Å². The lowest BCUT2D eigenvalue weighted by molar-refractivity contribution is -0.118. The molecule has 0 aliphatic heterocycles. The zero-order valence-electron chi connectivity index (χ0n) is 13.6. The van der Waals surface area contributed by atoms with Crippen LogP contribution in [0, 0.1) is 0 Å². The minimum atomic E-state index is -0.654. The third-order valence-electron chi connectivity index (χ3n) is 3.77. The zero-order valence-corrected chi connectivity index (χ0v) is 15.2. The Morgan fingerprint density at radius 3 is 2.46 bits per heavy atom. The molecule has 0 spiro atoms. The molecule has 0 saturated carbocycles. The van der Waals surface area contributed by atoms with E-state index in [9.17, 15) is 14.4 Å². The first-order valence-corrected chi connectivity index (χ1v) is 8.58. The second kappa shape index (κ2) is 7.53. The van der Waals surface area contributed by atoms with Crippen molar-refractivity contribution >= 4 is 38.7 Å². The maximum absolute atomic E-state index is 12.8. The predicted molar refractivity (Wildman–Crippen MR) is 101 cm³/mol. The highest BCUT2D eigenvalue weighted by molar-refractivity contribution is 9.10. The Labute approximate surface area is 157 Å². The number of nitrogens with zero attached hydrogens (tertiary/aromatic N) is 1. The first-order chi connectivity index (χ1) is 12.4. The van der Waals surface area contributed by atoms with Gasteiger partial charge in [0.15, 0.2) is 11.2 Å². The van der Waals surface area contributed by atoms with Crippen LogP contribution in [0.15, 0.2) is 68.3 Å². The third kappa shape index (κ3) is 4.00. The summed E-state index contributed by atoms with van der Waals surface area (Å²) >= 11 is 3.34. The van der Waals surface area contributed by atoms with Crippen molar-refractivity contribution in [3.05, 3.63) is 80.6 Å². The van der Waals surface area contributed by atoms with E-state index in [1.54, 1.807) is 24.3 Å². The van der Waals surface area contributed by atoms with Gasteiger partial charge in [0.2, 0.25) is 5.91 Å². The normalized spacial score (nSPS) is 10.7. The van der Waals surface area contributed by atoms with E-state index in [1.165, 1.54) is 4.90 Å². The lowest BCUT2D eigenvalue weighted by atomic mass is 10.2. The van der Waals surface area contributed by atoms with E-state index >= 15 is 0 Å². The number of nitrogens with two attached hydrogens (primary N) is 1. The maximum Gasteiger partial charge on any atom is 0.290 e. The van der Waals surface area contributed by atoms with E-state index < -0.39 is 11.8 Å². The van der Waals surface area contributed by atoms with Gasteiger partial charge in [0.05, 0.1) is 5.39 Å². The van der Waals surface area contributed by atoms with Crippen molar-refractivity contribution in [3.63, 3.8) is 0 Å². The van der Waals surface area contributed by atoms with Crippen LogP contribution in [-0.4, -0.2) is 23.3 Å². The quantitative estimate of drug-likeness (QED) is 0.694. The molecular weight excluding hydrogens is 400 g/mol. The van der Waals surface area contributed by atoms with Gasteiger partial charge < -0.3 is 15.1 Å². The molecule has 2 N–H and O–H groups in total. The van der Waals surface area contributed by atoms with E-state index in [0.29, 0.717) is 11.0 Å². The SMILES string of the molecule is NC(=O)CN(Cc1ccc(Br)cc1)C(=O)c1cc(=O)c2ccccc2o1. The molecule has 6 nitrogen and oxygen atoms in total. The number of rotatable bonds is 5. The lowest BCUT2D eigenvalue weighted by Crippen LogP contribution is -2.38. The summed E-state index contributed by atoms with van der Waals surface area (Å²) in [7, 11) is 0. The molecule has 3 aromatic rings. The summed E-state index contributed by atoms with van der Waals surface area (Å²) in [5.74, 6) is -1.36. The van der Waals surface area contributed by atoms with Crippen molar-refractivity contribution < 1.29 is 14.0 Å². The van der Waals surface area contributed by atoms with Gasteiger partial charge in [-0.15, -0.1) is 0 Å². The van der Waals surface area contributed by atoms with Gasteiger partial charge >= 0.3 is 0 Å². The highest BCUT2D eigenvalue weighted by Crippen LogP contribution is 2.16. The third-order valence-corrected chi connectivity index (χ3v) is 4.29. The number of amides is 2. The van der Waals surface area contributed by atoms with Crippen molar-refractivity contribution in [2.24, 2.45) is 5.73 Å². The van der Waals surface area contributed by atoms with Crippen LogP contribution in [-0.2, 0) is 11.3 Å². The van der Waals surface area contributed by atoms with Crippen LogP contribution in [0.2, 0.25) is 0 Å². The molecule has 2 amide bonds. The molecule has 0 radical (unpaired) electrons. The summed E-state index contributed by atoms with van der Waals surface area (Å²) in [5, 5.41) is 0.387. The molecule has 3 rings (SSSR count). The fourth-order valence-corrected chi connectivity index (χ4v) is 2.83.